The molecule has 0 spiro atoms. The second-order valence-electron chi connectivity index (χ2n) is 4.91. The maximum atomic E-state index is 11.8. The normalized spacial score (nSPS) is 14.4. The number of carbonyl (C=O) groups is 1. The van der Waals surface area contributed by atoms with Crippen molar-refractivity contribution in [2.24, 2.45) is 0 Å². The van der Waals surface area contributed by atoms with E-state index in [1.54, 1.807) is 6.20 Å². The zero-order chi connectivity index (χ0) is 14.5. The Morgan fingerprint density at radius 3 is 2.95 bits per heavy atom. The van der Waals surface area contributed by atoms with Gasteiger partial charge in [-0.3, -0.25) is 4.98 Å². The van der Waals surface area contributed by atoms with E-state index in [0.29, 0.717) is 30.4 Å². The summed E-state index contributed by atoms with van der Waals surface area (Å²) in [5.74, 6) is 0.967. The fraction of sp³-hybridized carbons (Fsp3) is 0.429. The standard InChI is InChI=1S/C14H17N5O2/c20-14(19-9-3-4-10-19)16-8-6-12-17-13(21-18-12)11-5-1-2-7-15-11/h1-2,5,7H,3-4,6,8-10H2,(H,16,20). The van der Waals surface area contributed by atoms with Gasteiger partial charge in [-0.1, -0.05) is 11.2 Å². The summed E-state index contributed by atoms with van der Waals surface area (Å²) in [6, 6.07) is 5.49. The van der Waals surface area contributed by atoms with Gasteiger partial charge in [-0.05, 0) is 25.0 Å². The Hall–Kier alpha value is -2.44. The van der Waals surface area contributed by atoms with Crippen LogP contribution in [0.1, 0.15) is 18.7 Å². The van der Waals surface area contributed by atoms with E-state index >= 15 is 0 Å². The van der Waals surface area contributed by atoms with Crippen molar-refractivity contribution in [3.05, 3.63) is 30.2 Å². The number of carbonyl (C=O) groups excluding carboxylic acids is 1. The van der Waals surface area contributed by atoms with Crippen molar-refractivity contribution in [2.45, 2.75) is 19.3 Å². The van der Waals surface area contributed by atoms with E-state index in [1.807, 2.05) is 23.1 Å². The van der Waals surface area contributed by atoms with E-state index in [2.05, 4.69) is 20.4 Å². The van der Waals surface area contributed by atoms with Gasteiger partial charge in [0, 0.05) is 32.3 Å². The van der Waals surface area contributed by atoms with Gasteiger partial charge in [0.2, 0.25) is 0 Å². The summed E-state index contributed by atoms with van der Waals surface area (Å²) in [6.45, 7) is 2.19. The predicted octanol–water partition coefficient (Wildman–Crippen LogP) is 1.48. The number of nitrogens with zero attached hydrogens (tertiary/aromatic N) is 4. The lowest BCUT2D eigenvalue weighted by molar-refractivity contribution is 0.209. The second kappa shape index (κ2) is 6.34. The van der Waals surface area contributed by atoms with Crippen molar-refractivity contribution in [1.29, 1.82) is 0 Å². The third-order valence-corrected chi connectivity index (χ3v) is 3.37. The fourth-order valence-electron chi connectivity index (χ4n) is 2.26. The van der Waals surface area contributed by atoms with Gasteiger partial charge in [0.15, 0.2) is 5.82 Å². The molecule has 1 fully saturated rings. The maximum Gasteiger partial charge on any atom is 0.317 e. The minimum Gasteiger partial charge on any atom is -0.338 e. The van der Waals surface area contributed by atoms with Crippen LogP contribution in [0, 0.1) is 0 Å². The molecule has 1 saturated heterocycles. The van der Waals surface area contributed by atoms with Gasteiger partial charge in [-0.15, -0.1) is 0 Å². The summed E-state index contributed by atoms with van der Waals surface area (Å²) < 4.78 is 5.16. The largest absolute Gasteiger partial charge is 0.338 e. The number of nitrogens with one attached hydrogen (secondary N) is 1. The van der Waals surface area contributed by atoms with E-state index in [0.717, 1.165) is 25.9 Å². The summed E-state index contributed by atoms with van der Waals surface area (Å²) in [5, 5.41) is 6.77. The minimum atomic E-state index is -0.0130. The Kier molecular flexibility index (Phi) is 4.09. The van der Waals surface area contributed by atoms with E-state index in [1.165, 1.54) is 0 Å². The highest BCUT2D eigenvalue weighted by Gasteiger charge is 2.17. The van der Waals surface area contributed by atoms with Crippen LogP contribution in [0.4, 0.5) is 4.79 Å². The minimum absolute atomic E-state index is 0.0130. The molecular formula is C14H17N5O2. The van der Waals surface area contributed by atoms with Crippen LogP contribution in [0.5, 0.6) is 0 Å². The first kappa shape index (κ1) is 13.5. The average molecular weight is 287 g/mol. The van der Waals surface area contributed by atoms with Gasteiger partial charge >= 0.3 is 6.03 Å². The van der Waals surface area contributed by atoms with Crippen molar-refractivity contribution in [1.82, 2.24) is 25.3 Å². The number of hydrogen-bond donors (Lipinski definition) is 1. The van der Waals surface area contributed by atoms with Crippen LogP contribution < -0.4 is 5.32 Å². The van der Waals surface area contributed by atoms with Crippen LogP contribution in [-0.2, 0) is 6.42 Å². The van der Waals surface area contributed by atoms with E-state index in [9.17, 15) is 4.79 Å². The van der Waals surface area contributed by atoms with E-state index in [-0.39, 0.29) is 6.03 Å². The molecule has 0 atom stereocenters. The third-order valence-electron chi connectivity index (χ3n) is 3.37. The lowest BCUT2D eigenvalue weighted by atomic mass is 10.3. The highest BCUT2D eigenvalue weighted by atomic mass is 16.5. The highest BCUT2D eigenvalue weighted by molar-refractivity contribution is 5.74. The van der Waals surface area contributed by atoms with Crippen LogP contribution in [-0.4, -0.2) is 45.7 Å². The van der Waals surface area contributed by atoms with Gasteiger partial charge in [-0.25, -0.2) is 4.79 Å². The monoisotopic (exact) mass is 287 g/mol. The molecule has 2 amide bonds. The molecule has 0 saturated carbocycles. The Balaban J connectivity index is 1.50. The smallest absolute Gasteiger partial charge is 0.317 e. The molecule has 0 aliphatic carbocycles. The van der Waals surface area contributed by atoms with Crippen molar-refractivity contribution in [2.75, 3.05) is 19.6 Å². The van der Waals surface area contributed by atoms with Gasteiger partial charge in [0.25, 0.3) is 5.89 Å². The number of hydrogen-bond acceptors (Lipinski definition) is 5. The molecular weight excluding hydrogens is 270 g/mol. The molecule has 0 bridgehead atoms. The first-order valence-electron chi connectivity index (χ1n) is 7.10. The number of rotatable bonds is 4. The molecule has 2 aromatic rings. The lowest BCUT2D eigenvalue weighted by Gasteiger charge is -2.15. The quantitative estimate of drug-likeness (QED) is 0.920. The van der Waals surface area contributed by atoms with Crippen LogP contribution in [0.25, 0.3) is 11.6 Å². The molecule has 3 rings (SSSR count). The van der Waals surface area contributed by atoms with Crippen LogP contribution in [0.15, 0.2) is 28.9 Å². The predicted molar refractivity (Wildman–Crippen MR) is 75.4 cm³/mol. The van der Waals surface area contributed by atoms with E-state index in [4.69, 9.17) is 4.52 Å². The molecule has 0 radical (unpaired) electrons. The van der Waals surface area contributed by atoms with Gasteiger partial charge < -0.3 is 14.7 Å². The number of amides is 2. The molecule has 1 aliphatic heterocycles. The molecule has 110 valence electrons. The van der Waals surface area contributed by atoms with Gasteiger partial charge in [0.05, 0.1) is 0 Å². The Bertz CT molecular complexity index is 592. The number of urea groups is 1. The van der Waals surface area contributed by atoms with Crippen LogP contribution >= 0.6 is 0 Å². The van der Waals surface area contributed by atoms with Gasteiger partial charge in [-0.2, -0.15) is 4.98 Å². The average Bonchev–Trinajstić information content (AvgIpc) is 3.20. The Morgan fingerprint density at radius 2 is 2.19 bits per heavy atom. The molecule has 2 aromatic heterocycles. The lowest BCUT2D eigenvalue weighted by Crippen LogP contribution is -2.38. The first-order chi connectivity index (χ1) is 10.3. The summed E-state index contributed by atoms with van der Waals surface area (Å²) in [5.41, 5.74) is 0.650. The zero-order valence-corrected chi connectivity index (χ0v) is 11.7. The summed E-state index contributed by atoms with van der Waals surface area (Å²) in [4.78, 5) is 22.1. The Morgan fingerprint density at radius 1 is 1.33 bits per heavy atom. The topological polar surface area (TPSA) is 84.2 Å². The SMILES string of the molecule is O=C(NCCc1noc(-c2ccccn2)n1)N1CCCC1. The first-order valence-corrected chi connectivity index (χ1v) is 7.10. The highest BCUT2D eigenvalue weighted by Crippen LogP contribution is 2.13. The molecule has 0 aromatic carbocycles. The summed E-state index contributed by atoms with van der Waals surface area (Å²) >= 11 is 0. The Labute approximate surface area is 122 Å². The maximum absolute atomic E-state index is 11.8. The molecule has 21 heavy (non-hydrogen) atoms. The molecule has 1 N–H and O–H groups in total. The number of likely N-dealkylation sites (tertiary alicyclic amines) is 1. The molecule has 7 nitrogen and oxygen atoms in total. The van der Waals surface area contributed by atoms with Crippen LogP contribution in [0.2, 0.25) is 0 Å². The number of pyridine rings is 1. The second-order valence-corrected chi connectivity index (χ2v) is 4.91. The summed E-state index contributed by atoms with van der Waals surface area (Å²) in [7, 11) is 0. The summed E-state index contributed by atoms with van der Waals surface area (Å²) in [6.07, 6.45) is 4.39. The third kappa shape index (κ3) is 3.36. The molecule has 1 aliphatic rings. The van der Waals surface area contributed by atoms with Crippen LogP contribution in [0.3, 0.4) is 0 Å². The molecule has 3 heterocycles. The number of aromatic nitrogens is 3. The van der Waals surface area contributed by atoms with Crippen molar-refractivity contribution >= 4 is 6.03 Å². The fourth-order valence-corrected chi connectivity index (χ4v) is 2.26. The molecule has 7 heteroatoms. The van der Waals surface area contributed by atoms with E-state index < -0.39 is 0 Å². The van der Waals surface area contributed by atoms with Crippen molar-refractivity contribution in [3.8, 4) is 11.6 Å². The van der Waals surface area contributed by atoms with Crippen molar-refractivity contribution < 1.29 is 9.32 Å². The van der Waals surface area contributed by atoms with Gasteiger partial charge in [0.1, 0.15) is 5.69 Å². The zero-order valence-electron chi connectivity index (χ0n) is 11.7. The molecule has 0 unspecified atom stereocenters. The van der Waals surface area contributed by atoms with Crippen molar-refractivity contribution in [3.63, 3.8) is 0 Å².